The molecule has 0 radical (unpaired) electrons. The Hall–Kier alpha value is -3.71. The number of nitrogens with one attached hydrogen (secondary N) is 1. The Morgan fingerprint density at radius 3 is 1.22 bits per heavy atom. The van der Waals surface area contributed by atoms with E-state index in [-0.39, 0.29) is 6.04 Å². The van der Waals surface area contributed by atoms with Crippen molar-refractivity contribution in [1.29, 1.82) is 0 Å². The second kappa shape index (κ2) is 11.1. The number of hydrogen-bond acceptors (Lipinski definition) is 2. The predicted octanol–water partition coefficient (Wildman–Crippen LogP) is 7.70. The first-order chi connectivity index (χ1) is 18.1. The van der Waals surface area contributed by atoms with Crippen LogP contribution < -0.4 is 15.9 Å². The lowest BCUT2D eigenvalue weighted by molar-refractivity contribution is 0.537. The molecule has 0 saturated carbocycles. The van der Waals surface area contributed by atoms with E-state index in [1.54, 1.807) is 0 Å². The molecular weight excluding hydrogens is 469 g/mol. The van der Waals surface area contributed by atoms with Gasteiger partial charge >= 0.3 is 0 Å². The van der Waals surface area contributed by atoms with Crippen LogP contribution in [0.3, 0.4) is 0 Å². The molecule has 0 fully saturated rings. The van der Waals surface area contributed by atoms with Crippen molar-refractivity contribution in [2.75, 3.05) is 0 Å². The number of aryl methyl sites for hydroxylation is 2. The largest absolute Gasteiger partial charge is 0.312 e. The van der Waals surface area contributed by atoms with Gasteiger partial charge in [0, 0.05) is 10.6 Å². The quantitative estimate of drug-likeness (QED) is 0.221. The second-order valence-corrected chi connectivity index (χ2v) is 12.4. The zero-order valence-electron chi connectivity index (χ0n) is 21.3. The summed E-state index contributed by atoms with van der Waals surface area (Å²) in [5.74, 6) is -0.440. The minimum atomic E-state index is -3.20. The van der Waals surface area contributed by atoms with Crippen LogP contribution in [-0.4, -0.2) is 0 Å². The normalized spacial score (nSPS) is 12.4. The highest BCUT2D eigenvalue weighted by atomic mass is 31.2. The average Bonchev–Trinajstić information content (AvgIpc) is 2.95. The molecule has 0 unspecified atom stereocenters. The molecule has 1 atom stereocenters. The highest BCUT2D eigenvalue weighted by Crippen LogP contribution is 2.56. The molecule has 0 saturated heterocycles. The van der Waals surface area contributed by atoms with E-state index in [1.165, 1.54) is 0 Å². The maximum Gasteiger partial charge on any atom is 0.163 e. The second-order valence-electron chi connectivity index (χ2n) is 9.56. The molecular formula is C34H32NOP. The van der Waals surface area contributed by atoms with Gasteiger partial charge in [0.25, 0.3) is 0 Å². The topological polar surface area (TPSA) is 29.1 Å². The minimum Gasteiger partial charge on any atom is -0.312 e. The molecule has 37 heavy (non-hydrogen) atoms. The van der Waals surface area contributed by atoms with Crippen molar-refractivity contribution in [1.82, 2.24) is 5.32 Å². The SMILES string of the molecule is Cc1ccc(P(=O)(c2ccc(C)cc2)[C@H](NC(c2ccccc2)c2ccccc2)c2ccccc2)cc1. The third kappa shape index (κ3) is 5.37. The van der Waals surface area contributed by atoms with Gasteiger partial charge < -0.3 is 4.57 Å². The molecule has 1 N–H and O–H groups in total. The van der Waals surface area contributed by atoms with E-state index in [9.17, 15) is 0 Å². The third-order valence-corrected chi connectivity index (χ3v) is 10.2. The van der Waals surface area contributed by atoms with Crippen LogP contribution in [0.2, 0.25) is 0 Å². The van der Waals surface area contributed by atoms with Crippen LogP contribution in [-0.2, 0) is 4.57 Å². The van der Waals surface area contributed by atoms with Crippen molar-refractivity contribution < 1.29 is 4.57 Å². The van der Waals surface area contributed by atoms with Gasteiger partial charge in [-0.3, -0.25) is 5.32 Å². The molecule has 0 amide bonds. The molecule has 0 bridgehead atoms. The average molecular weight is 502 g/mol. The van der Waals surface area contributed by atoms with Crippen molar-refractivity contribution in [3.05, 3.63) is 167 Å². The van der Waals surface area contributed by atoms with E-state index >= 15 is 4.57 Å². The highest BCUT2D eigenvalue weighted by molar-refractivity contribution is 7.79. The Bertz CT molecular complexity index is 1380. The molecule has 0 spiro atoms. The Balaban J connectivity index is 1.73. The van der Waals surface area contributed by atoms with E-state index in [1.807, 2.05) is 54.6 Å². The first-order valence-electron chi connectivity index (χ1n) is 12.7. The van der Waals surface area contributed by atoms with Gasteiger partial charge in [-0.25, -0.2) is 0 Å². The molecule has 3 heteroatoms. The first-order valence-corrected chi connectivity index (χ1v) is 14.5. The van der Waals surface area contributed by atoms with Crippen LogP contribution in [0.5, 0.6) is 0 Å². The van der Waals surface area contributed by atoms with E-state index in [4.69, 9.17) is 0 Å². The van der Waals surface area contributed by atoms with Crippen LogP contribution in [0.25, 0.3) is 0 Å². The minimum absolute atomic E-state index is 0.142. The number of rotatable bonds is 8. The molecule has 0 aliphatic heterocycles. The molecule has 2 nitrogen and oxygen atoms in total. The fraction of sp³-hybridized carbons (Fsp3) is 0.118. The predicted molar refractivity (Wildman–Crippen MR) is 156 cm³/mol. The molecule has 5 aromatic rings. The van der Waals surface area contributed by atoms with E-state index in [2.05, 4.69) is 104 Å². The Morgan fingerprint density at radius 2 is 0.838 bits per heavy atom. The standard InChI is InChI=1S/C34H32NOP/c1-26-18-22-31(23-19-26)37(36,32-24-20-27(2)21-25-32)34(30-16-10-5-11-17-30)35-33(28-12-6-3-7-13-28)29-14-8-4-9-15-29/h3-25,33-35H,1-2H3/t34-/m0/s1. The molecule has 0 aliphatic rings. The summed E-state index contributed by atoms with van der Waals surface area (Å²) in [5.41, 5.74) is 5.57. The summed E-state index contributed by atoms with van der Waals surface area (Å²) in [6.07, 6.45) is 0. The Kier molecular flexibility index (Phi) is 7.51. The summed E-state index contributed by atoms with van der Waals surface area (Å²) in [6.45, 7) is 4.13. The summed E-state index contributed by atoms with van der Waals surface area (Å²) in [4.78, 5) is 0. The maximum atomic E-state index is 15.7. The van der Waals surface area contributed by atoms with Crippen molar-refractivity contribution in [3.63, 3.8) is 0 Å². The van der Waals surface area contributed by atoms with Gasteiger partial charge in [0.1, 0.15) is 0 Å². The van der Waals surface area contributed by atoms with Gasteiger partial charge in [-0.05, 0) is 30.5 Å². The lowest BCUT2D eigenvalue weighted by Crippen LogP contribution is -2.33. The molecule has 0 aromatic heterocycles. The van der Waals surface area contributed by atoms with Gasteiger partial charge in [-0.1, -0.05) is 151 Å². The molecule has 184 valence electrons. The molecule has 0 heterocycles. The summed E-state index contributed by atoms with van der Waals surface area (Å²) >= 11 is 0. The third-order valence-electron chi connectivity index (χ3n) is 6.90. The lowest BCUT2D eigenvalue weighted by atomic mass is 9.98. The van der Waals surface area contributed by atoms with Crippen molar-refractivity contribution in [3.8, 4) is 0 Å². The highest BCUT2D eigenvalue weighted by Gasteiger charge is 2.39. The fourth-order valence-corrected chi connectivity index (χ4v) is 7.89. The van der Waals surface area contributed by atoms with E-state index < -0.39 is 12.9 Å². The van der Waals surface area contributed by atoms with Gasteiger partial charge in [0.2, 0.25) is 0 Å². The van der Waals surface area contributed by atoms with Gasteiger partial charge in [0.15, 0.2) is 7.14 Å². The van der Waals surface area contributed by atoms with Crippen molar-refractivity contribution in [2.24, 2.45) is 0 Å². The summed E-state index contributed by atoms with van der Waals surface area (Å²) in [6, 6.07) is 47.3. The summed E-state index contributed by atoms with van der Waals surface area (Å²) < 4.78 is 15.7. The molecule has 0 aliphatic carbocycles. The van der Waals surface area contributed by atoms with Crippen molar-refractivity contribution >= 4 is 17.8 Å². The lowest BCUT2D eigenvalue weighted by Gasteiger charge is -2.34. The summed E-state index contributed by atoms with van der Waals surface area (Å²) in [7, 11) is -3.20. The smallest absolute Gasteiger partial charge is 0.163 e. The van der Waals surface area contributed by atoms with Crippen LogP contribution in [0.15, 0.2) is 140 Å². The van der Waals surface area contributed by atoms with Gasteiger partial charge in [0.05, 0.1) is 11.8 Å². The van der Waals surface area contributed by atoms with Crippen molar-refractivity contribution in [2.45, 2.75) is 25.7 Å². The first kappa shape index (κ1) is 25.0. The Labute approximate surface area is 220 Å². The van der Waals surface area contributed by atoms with Gasteiger partial charge in [-0.2, -0.15) is 0 Å². The summed E-state index contributed by atoms with van der Waals surface area (Å²) in [5, 5.41) is 5.61. The fourth-order valence-electron chi connectivity index (χ4n) is 4.86. The number of benzene rings is 5. The molecule has 5 rings (SSSR count). The van der Waals surface area contributed by atoms with Crippen LogP contribution in [0, 0.1) is 13.8 Å². The number of hydrogen-bond donors (Lipinski definition) is 1. The molecule has 5 aromatic carbocycles. The van der Waals surface area contributed by atoms with E-state index in [0.29, 0.717) is 0 Å². The Morgan fingerprint density at radius 1 is 0.486 bits per heavy atom. The zero-order chi connectivity index (χ0) is 25.7. The monoisotopic (exact) mass is 501 g/mol. The van der Waals surface area contributed by atoms with Gasteiger partial charge in [-0.15, -0.1) is 0 Å². The van der Waals surface area contributed by atoms with Crippen LogP contribution in [0.1, 0.15) is 39.6 Å². The van der Waals surface area contributed by atoms with Crippen LogP contribution in [0.4, 0.5) is 0 Å². The maximum absolute atomic E-state index is 15.7. The zero-order valence-corrected chi connectivity index (χ0v) is 22.2. The van der Waals surface area contributed by atoms with Crippen LogP contribution >= 0.6 is 7.14 Å². The van der Waals surface area contributed by atoms with E-state index in [0.717, 1.165) is 38.4 Å².